The highest BCUT2D eigenvalue weighted by atomic mass is 15.3. The Morgan fingerprint density at radius 3 is 2.50 bits per heavy atom. The van der Waals surface area contributed by atoms with E-state index in [1.165, 1.54) is 38.5 Å². The number of nitrogens with one attached hydrogen (secondary N) is 1. The Kier molecular flexibility index (Phi) is 2.94. The summed E-state index contributed by atoms with van der Waals surface area (Å²) in [7, 11) is 0. The maximum absolute atomic E-state index is 5.05. The van der Waals surface area contributed by atoms with Gasteiger partial charge >= 0.3 is 0 Å². The Hall–Kier alpha value is -1.51. The first-order chi connectivity index (χ1) is 9.86. The van der Waals surface area contributed by atoms with Gasteiger partial charge in [-0.05, 0) is 56.1 Å². The number of likely N-dealkylation sites (tertiary alicyclic amines) is 1. The van der Waals surface area contributed by atoms with E-state index in [0.717, 1.165) is 24.7 Å². The van der Waals surface area contributed by atoms with Crippen LogP contribution in [-0.2, 0) is 0 Å². The van der Waals surface area contributed by atoms with Gasteiger partial charge < -0.3 is 10.2 Å². The molecule has 0 aromatic heterocycles. The molecule has 1 unspecified atom stereocenters. The Morgan fingerprint density at radius 2 is 1.85 bits per heavy atom. The Balaban J connectivity index is 1.52. The zero-order valence-corrected chi connectivity index (χ0v) is 12.0. The molecule has 3 nitrogen and oxygen atoms in total. The van der Waals surface area contributed by atoms with Gasteiger partial charge in [0.15, 0.2) is 5.96 Å². The summed E-state index contributed by atoms with van der Waals surface area (Å²) in [6.45, 7) is 2.30. The third-order valence-corrected chi connectivity index (χ3v) is 5.00. The van der Waals surface area contributed by atoms with Crippen molar-refractivity contribution in [2.75, 3.05) is 18.4 Å². The number of hydrogen-bond donors (Lipinski definition) is 1. The lowest BCUT2D eigenvalue weighted by molar-refractivity contribution is 0.340. The summed E-state index contributed by atoms with van der Waals surface area (Å²) in [5.41, 5.74) is 1.79. The summed E-state index contributed by atoms with van der Waals surface area (Å²) in [4.78, 5) is 7.50. The third kappa shape index (κ3) is 2.41. The highest BCUT2D eigenvalue weighted by molar-refractivity contribution is 5.94. The number of rotatable bonds is 2. The minimum absolute atomic E-state index is 0.593. The molecule has 1 heterocycles. The second-order valence-corrected chi connectivity index (χ2v) is 6.57. The molecule has 20 heavy (non-hydrogen) atoms. The maximum Gasteiger partial charge on any atom is 0.198 e. The van der Waals surface area contributed by atoms with E-state index in [-0.39, 0.29) is 0 Å². The lowest BCUT2D eigenvalue weighted by atomic mass is 10.1. The second kappa shape index (κ2) is 4.80. The number of para-hydroxylation sites is 1. The molecule has 1 atom stereocenters. The predicted octanol–water partition coefficient (Wildman–Crippen LogP) is 3.49. The van der Waals surface area contributed by atoms with Crippen LogP contribution in [0.5, 0.6) is 0 Å². The first-order valence-electron chi connectivity index (χ1n) is 8.01. The van der Waals surface area contributed by atoms with Gasteiger partial charge in [0.2, 0.25) is 0 Å². The van der Waals surface area contributed by atoms with Crippen molar-refractivity contribution >= 4 is 11.6 Å². The van der Waals surface area contributed by atoms with Crippen molar-refractivity contribution in [3.05, 3.63) is 30.3 Å². The highest BCUT2D eigenvalue weighted by Crippen LogP contribution is 2.67. The number of aliphatic imine (C=N–C) groups is 1. The Bertz CT molecular complexity index is 498. The topological polar surface area (TPSA) is 27.6 Å². The van der Waals surface area contributed by atoms with Gasteiger partial charge in [-0.3, -0.25) is 0 Å². The van der Waals surface area contributed by atoms with Crippen molar-refractivity contribution in [2.24, 2.45) is 10.4 Å². The van der Waals surface area contributed by atoms with Gasteiger partial charge in [-0.1, -0.05) is 18.2 Å². The Morgan fingerprint density at radius 1 is 1.10 bits per heavy atom. The van der Waals surface area contributed by atoms with Crippen molar-refractivity contribution < 1.29 is 0 Å². The van der Waals surface area contributed by atoms with Gasteiger partial charge in [0.1, 0.15) is 0 Å². The molecule has 1 spiro atoms. The quantitative estimate of drug-likeness (QED) is 0.657. The zero-order chi connectivity index (χ0) is 13.4. The molecular formula is C17H23N3. The van der Waals surface area contributed by atoms with Crippen LogP contribution in [0.15, 0.2) is 35.3 Å². The molecular weight excluding hydrogens is 246 g/mol. The first-order valence-corrected chi connectivity index (χ1v) is 8.01. The summed E-state index contributed by atoms with van der Waals surface area (Å²) in [5.74, 6) is 1.12. The van der Waals surface area contributed by atoms with Crippen molar-refractivity contribution in [3.8, 4) is 0 Å². The van der Waals surface area contributed by atoms with E-state index in [1.807, 2.05) is 0 Å². The zero-order valence-electron chi connectivity index (χ0n) is 12.0. The smallest absolute Gasteiger partial charge is 0.198 e. The minimum atomic E-state index is 0.593. The van der Waals surface area contributed by atoms with Crippen LogP contribution in [-0.4, -0.2) is 30.0 Å². The molecule has 1 aliphatic heterocycles. The molecule has 2 aliphatic carbocycles. The van der Waals surface area contributed by atoms with Gasteiger partial charge in [0.25, 0.3) is 0 Å². The van der Waals surface area contributed by atoms with E-state index in [0.29, 0.717) is 11.5 Å². The molecule has 1 N–H and O–H groups in total. The largest absolute Gasteiger partial charge is 0.343 e. The van der Waals surface area contributed by atoms with E-state index in [4.69, 9.17) is 4.99 Å². The SMILES string of the molecule is c1ccc(NC(=NC2CC23CC3)N2CCCCC2)cc1. The van der Waals surface area contributed by atoms with Crippen LogP contribution in [0.4, 0.5) is 5.69 Å². The summed E-state index contributed by atoms with van der Waals surface area (Å²) in [5, 5.41) is 3.56. The molecule has 2 saturated carbocycles. The summed E-state index contributed by atoms with van der Waals surface area (Å²) >= 11 is 0. The Labute approximate surface area is 121 Å². The lowest BCUT2D eigenvalue weighted by Crippen LogP contribution is -2.40. The first kappa shape index (κ1) is 12.2. The number of guanidine groups is 1. The minimum Gasteiger partial charge on any atom is -0.343 e. The van der Waals surface area contributed by atoms with Crippen LogP contribution in [0.1, 0.15) is 38.5 Å². The van der Waals surface area contributed by atoms with Gasteiger partial charge in [-0.25, -0.2) is 4.99 Å². The van der Waals surface area contributed by atoms with Gasteiger partial charge in [0.05, 0.1) is 6.04 Å². The monoisotopic (exact) mass is 269 g/mol. The van der Waals surface area contributed by atoms with Crippen LogP contribution in [0.25, 0.3) is 0 Å². The summed E-state index contributed by atoms with van der Waals surface area (Å²) in [6.07, 6.45) is 8.08. The second-order valence-electron chi connectivity index (χ2n) is 6.57. The van der Waals surface area contributed by atoms with E-state index < -0.39 is 0 Å². The van der Waals surface area contributed by atoms with Crippen LogP contribution < -0.4 is 5.32 Å². The average Bonchev–Trinajstić information content (AvgIpc) is 3.41. The van der Waals surface area contributed by atoms with Crippen molar-refractivity contribution in [1.29, 1.82) is 0 Å². The van der Waals surface area contributed by atoms with Crippen LogP contribution >= 0.6 is 0 Å². The van der Waals surface area contributed by atoms with E-state index in [2.05, 4.69) is 40.5 Å². The van der Waals surface area contributed by atoms with Crippen LogP contribution in [0.2, 0.25) is 0 Å². The predicted molar refractivity (Wildman–Crippen MR) is 83.0 cm³/mol. The van der Waals surface area contributed by atoms with E-state index >= 15 is 0 Å². The van der Waals surface area contributed by atoms with Crippen molar-refractivity contribution in [2.45, 2.75) is 44.6 Å². The van der Waals surface area contributed by atoms with Gasteiger partial charge in [0, 0.05) is 18.8 Å². The molecule has 106 valence electrons. The van der Waals surface area contributed by atoms with Gasteiger partial charge in [-0.15, -0.1) is 0 Å². The van der Waals surface area contributed by atoms with Crippen molar-refractivity contribution in [3.63, 3.8) is 0 Å². The number of anilines is 1. The molecule has 1 aromatic rings. The maximum atomic E-state index is 5.05. The number of piperidine rings is 1. The molecule has 3 heteroatoms. The van der Waals surface area contributed by atoms with Gasteiger partial charge in [-0.2, -0.15) is 0 Å². The molecule has 4 rings (SSSR count). The molecule has 0 bridgehead atoms. The normalized spacial score (nSPS) is 27.5. The fourth-order valence-corrected chi connectivity index (χ4v) is 3.30. The highest BCUT2D eigenvalue weighted by Gasteiger charge is 2.63. The molecule has 0 radical (unpaired) electrons. The third-order valence-electron chi connectivity index (χ3n) is 5.00. The number of benzene rings is 1. The van der Waals surface area contributed by atoms with Crippen LogP contribution in [0.3, 0.4) is 0 Å². The fraction of sp³-hybridized carbons (Fsp3) is 0.588. The molecule has 3 aliphatic rings. The number of nitrogens with zero attached hydrogens (tertiary/aromatic N) is 2. The van der Waals surface area contributed by atoms with E-state index in [9.17, 15) is 0 Å². The molecule has 1 saturated heterocycles. The lowest BCUT2D eigenvalue weighted by Gasteiger charge is -2.30. The number of hydrogen-bond acceptors (Lipinski definition) is 1. The van der Waals surface area contributed by atoms with Crippen LogP contribution in [0, 0.1) is 5.41 Å². The average molecular weight is 269 g/mol. The summed E-state index contributed by atoms with van der Waals surface area (Å²) < 4.78 is 0. The molecule has 1 aromatic carbocycles. The van der Waals surface area contributed by atoms with Crippen molar-refractivity contribution in [1.82, 2.24) is 4.90 Å². The van der Waals surface area contributed by atoms with E-state index in [1.54, 1.807) is 0 Å². The fourth-order valence-electron chi connectivity index (χ4n) is 3.30. The summed E-state index contributed by atoms with van der Waals surface area (Å²) in [6, 6.07) is 11.1. The standard InChI is InChI=1S/C17H23N3/c1-3-7-14(8-4-1)18-16(20-11-5-2-6-12-20)19-15-13-17(15)9-10-17/h1,3-4,7-8,15H,2,5-6,9-13H2,(H,18,19). The molecule has 0 amide bonds. The molecule has 3 fully saturated rings.